The molecule has 1 amide bonds. The van der Waals surface area contributed by atoms with Crippen molar-refractivity contribution in [3.05, 3.63) is 84.8 Å². The van der Waals surface area contributed by atoms with Crippen molar-refractivity contribution in [2.75, 3.05) is 5.32 Å². The van der Waals surface area contributed by atoms with Gasteiger partial charge in [0.15, 0.2) is 5.13 Å². The van der Waals surface area contributed by atoms with Crippen LogP contribution in [-0.2, 0) is 25.1 Å². The van der Waals surface area contributed by atoms with Gasteiger partial charge in [-0.15, -0.1) is 11.3 Å². The van der Waals surface area contributed by atoms with Crippen molar-refractivity contribution in [3.63, 3.8) is 0 Å². The molecular weight excluding hydrogens is 469 g/mol. The Labute approximate surface area is 194 Å². The molecule has 2 aromatic heterocycles. The number of hydrogen-bond donors (Lipinski definition) is 1. The minimum absolute atomic E-state index is 0.178. The Morgan fingerprint density at radius 2 is 1.85 bits per heavy atom. The molecule has 0 aliphatic heterocycles. The fraction of sp³-hybridized carbons (Fsp3) is 0.174. The van der Waals surface area contributed by atoms with E-state index in [1.807, 2.05) is 0 Å². The van der Waals surface area contributed by atoms with Crippen LogP contribution in [0.25, 0.3) is 22.6 Å². The molecule has 0 bridgehead atoms. The standard InChI is InChI=1S/C23H17F3N4O3S/c1-12-4-9-17-19(20(32)30(3)22(33)29(17)2)15(12)10-18(31)28-21-27-16(11-34-21)13-5-7-14(8-6-13)23(24,25)26/h4-8,11H,1,10H2,2-3H3,(H,27,28,31). The van der Waals surface area contributed by atoms with E-state index in [-0.39, 0.29) is 22.1 Å². The minimum Gasteiger partial charge on any atom is -0.302 e. The molecule has 0 spiro atoms. The Bertz CT molecular complexity index is 1620. The van der Waals surface area contributed by atoms with Crippen LogP contribution < -0.4 is 27.1 Å². The van der Waals surface area contributed by atoms with E-state index in [1.165, 1.54) is 36.9 Å². The number of allylic oxidation sites excluding steroid dienone is 2. The van der Waals surface area contributed by atoms with Gasteiger partial charge < -0.3 is 5.32 Å². The monoisotopic (exact) mass is 486 g/mol. The van der Waals surface area contributed by atoms with Gasteiger partial charge in [-0.2, -0.15) is 13.2 Å². The summed E-state index contributed by atoms with van der Waals surface area (Å²) in [4.78, 5) is 42.0. The van der Waals surface area contributed by atoms with Crippen LogP contribution in [0.3, 0.4) is 0 Å². The van der Waals surface area contributed by atoms with E-state index in [2.05, 4.69) is 22.6 Å². The highest BCUT2D eigenvalue weighted by Crippen LogP contribution is 2.32. The quantitative estimate of drug-likeness (QED) is 0.611. The number of thiazole rings is 1. The van der Waals surface area contributed by atoms with E-state index in [1.54, 1.807) is 5.38 Å². The van der Waals surface area contributed by atoms with Crippen molar-refractivity contribution in [2.45, 2.75) is 12.6 Å². The second-order valence-electron chi connectivity index (χ2n) is 7.56. The van der Waals surface area contributed by atoms with Gasteiger partial charge in [0.25, 0.3) is 5.56 Å². The van der Waals surface area contributed by atoms with E-state index in [0.29, 0.717) is 22.4 Å². The molecule has 0 saturated carbocycles. The maximum absolute atomic E-state index is 12.8. The van der Waals surface area contributed by atoms with E-state index < -0.39 is 28.9 Å². The third-order valence-corrected chi connectivity index (χ3v) is 6.09. The second kappa shape index (κ2) is 8.44. The molecule has 4 rings (SSSR count). The molecule has 34 heavy (non-hydrogen) atoms. The zero-order valence-corrected chi connectivity index (χ0v) is 18.8. The predicted molar refractivity (Wildman–Crippen MR) is 122 cm³/mol. The summed E-state index contributed by atoms with van der Waals surface area (Å²) < 4.78 is 40.5. The average molecular weight is 486 g/mol. The number of halogens is 3. The van der Waals surface area contributed by atoms with Crippen LogP contribution >= 0.6 is 11.3 Å². The van der Waals surface area contributed by atoms with E-state index in [9.17, 15) is 27.6 Å². The molecule has 174 valence electrons. The predicted octanol–water partition coefficient (Wildman–Crippen LogP) is 1.91. The van der Waals surface area contributed by atoms with E-state index in [0.717, 1.165) is 28.0 Å². The number of aromatic nitrogens is 3. The molecule has 11 heteroatoms. The van der Waals surface area contributed by atoms with Crippen molar-refractivity contribution in [1.29, 1.82) is 0 Å². The highest BCUT2D eigenvalue weighted by Gasteiger charge is 2.30. The SMILES string of the molecule is C=C1C=C=c2c(c(=O)n(C)c(=O)n2C)=C1CC(=O)Nc1nc(-c2ccc(C(F)(F)F)cc2)cs1. The summed E-state index contributed by atoms with van der Waals surface area (Å²) in [5.41, 5.74) is 2.70. The lowest BCUT2D eigenvalue weighted by molar-refractivity contribution is -0.137. The molecule has 7 nitrogen and oxygen atoms in total. The summed E-state index contributed by atoms with van der Waals surface area (Å²) in [6.07, 6.45) is -3.12. The zero-order valence-electron chi connectivity index (χ0n) is 18.0. The van der Waals surface area contributed by atoms with Crippen molar-refractivity contribution in [1.82, 2.24) is 14.1 Å². The number of anilines is 1. The molecule has 0 fully saturated rings. The first-order valence-electron chi connectivity index (χ1n) is 9.85. The highest BCUT2D eigenvalue weighted by atomic mass is 32.1. The van der Waals surface area contributed by atoms with Crippen LogP contribution in [0.5, 0.6) is 0 Å². The molecule has 1 aliphatic carbocycles. The van der Waals surface area contributed by atoms with Crippen LogP contribution in [-0.4, -0.2) is 20.0 Å². The number of fused-ring (bicyclic) bond motifs is 1. The van der Waals surface area contributed by atoms with Crippen LogP contribution in [0.4, 0.5) is 18.3 Å². The van der Waals surface area contributed by atoms with Crippen molar-refractivity contribution < 1.29 is 18.0 Å². The Hall–Kier alpha value is -3.95. The highest BCUT2D eigenvalue weighted by molar-refractivity contribution is 7.14. The summed E-state index contributed by atoms with van der Waals surface area (Å²) >= 11 is 1.11. The lowest BCUT2D eigenvalue weighted by atomic mass is 9.98. The summed E-state index contributed by atoms with van der Waals surface area (Å²) in [7, 11) is 2.85. The molecule has 1 aliphatic rings. The molecule has 0 atom stereocenters. The normalized spacial score (nSPS) is 13.0. The topological polar surface area (TPSA) is 86.0 Å². The van der Waals surface area contributed by atoms with Crippen LogP contribution in [0.1, 0.15) is 12.0 Å². The second-order valence-corrected chi connectivity index (χ2v) is 8.42. The van der Waals surface area contributed by atoms with Gasteiger partial charge in [0.05, 0.1) is 22.9 Å². The number of nitrogens with one attached hydrogen (secondary N) is 1. The number of nitrogens with zero attached hydrogens (tertiary/aromatic N) is 3. The molecular formula is C23H17F3N4O3S. The minimum atomic E-state index is -4.43. The van der Waals surface area contributed by atoms with Gasteiger partial charge in [0.1, 0.15) is 5.35 Å². The number of amides is 1. The fourth-order valence-electron chi connectivity index (χ4n) is 3.51. The van der Waals surface area contributed by atoms with Gasteiger partial charge in [-0.25, -0.2) is 9.78 Å². The first kappa shape index (κ1) is 23.2. The van der Waals surface area contributed by atoms with Crippen LogP contribution in [0.15, 0.2) is 57.5 Å². The first-order valence-corrected chi connectivity index (χ1v) is 10.7. The third kappa shape index (κ3) is 4.18. The number of benzene rings is 1. The van der Waals surface area contributed by atoms with Gasteiger partial charge in [-0.1, -0.05) is 24.4 Å². The van der Waals surface area contributed by atoms with Gasteiger partial charge in [0.2, 0.25) is 5.91 Å². The van der Waals surface area contributed by atoms with Gasteiger partial charge in [-0.05, 0) is 29.4 Å². The Kier molecular flexibility index (Phi) is 5.76. The lowest BCUT2D eigenvalue weighted by Gasteiger charge is -2.12. The van der Waals surface area contributed by atoms with Gasteiger partial charge in [-0.3, -0.25) is 18.7 Å². The van der Waals surface area contributed by atoms with Crippen molar-refractivity contribution >= 4 is 33.7 Å². The van der Waals surface area contributed by atoms with E-state index in [4.69, 9.17) is 0 Å². The smallest absolute Gasteiger partial charge is 0.302 e. The molecule has 0 radical (unpaired) electrons. The average Bonchev–Trinajstić information content (AvgIpc) is 3.25. The number of alkyl halides is 3. The Morgan fingerprint density at radius 1 is 1.18 bits per heavy atom. The summed E-state index contributed by atoms with van der Waals surface area (Å²) in [5.74, 6) is -0.471. The number of carbonyl (C=O) groups excluding carboxylic acids is 1. The summed E-state index contributed by atoms with van der Waals surface area (Å²) in [6.45, 7) is 3.88. The molecule has 1 aromatic carbocycles. The third-order valence-electron chi connectivity index (χ3n) is 5.33. The van der Waals surface area contributed by atoms with Crippen LogP contribution in [0.2, 0.25) is 0 Å². The maximum Gasteiger partial charge on any atom is 0.416 e. The van der Waals surface area contributed by atoms with Gasteiger partial charge >= 0.3 is 11.9 Å². The van der Waals surface area contributed by atoms with Crippen molar-refractivity contribution in [3.8, 4) is 11.3 Å². The van der Waals surface area contributed by atoms with Crippen LogP contribution in [0, 0.1) is 0 Å². The molecule has 3 aromatic rings. The molecule has 2 heterocycles. The Balaban J connectivity index is 1.60. The number of carbonyl (C=O) groups is 1. The van der Waals surface area contributed by atoms with Crippen molar-refractivity contribution in [2.24, 2.45) is 14.1 Å². The summed E-state index contributed by atoms with van der Waals surface area (Å²) in [5, 5.41) is 4.95. The maximum atomic E-state index is 12.8. The molecule has 1 N–H and O–H groups in total. The first-order chi connectivity index (χ1) is 16.0. The largest absolute Gasteiger partial charge is 0.416 e. The summed E-state index contributed by atoms with van der Waals surface area (Å²) in [6, 6.07) is 4.55. The zero-order chi connectivity index (χ0) is 24.8. The fourth-order valence-corrected chi connectivity index (χ4v) is 4.24. The Morgan fingerprint density at radius 3 is 2.50 bits per heavy atom. The number of hydrogen-bond acceptors (Lipinski definition) is 5. The molecule has 0 saturated heterocycles. The van der Waals surface area contributed by atoms with Gasteiger partial charge in [0, 0.05) is 25.0 Å². The molecule has 0 unspecified atom stereocenters. The van der Waals surface area contributed by atoms with E-state index >= 15 is 0 Å². The lowest BCUT2D eigenvalue weighted by Crippen LogP contribution is -2.58. The number of rotatable bonds is 4.